The monoisotopic (exact) mass is 492 g/mol. The number of para-hydroxylation sites is 1. The lowest BCUT2D eigenvalue weighted by atomic mass is 9.83. The van der Waals surface area contributed by atoms with Gasteiger partial charge in [0.25, 0.3) is 10.1 Å². The maximum atomic E-state index is 13.0. The molecule has 0 aliphatic heterocycles. The summed E-state index contributed by atoms with van der Waals surface area (Å²) in [5.41, 5.74) is -0.601. The minimum atomic E-state index is -5.11. The Morgan fingerprint density at radius 1 is 0.724 bits per heavy atom. The third-order valence-electron chi connectivity index (χ3n) is 4.36. The van der Waals surface area contributed by atoms with E-state index in [1.165, 1.54) is 42.5 Å². The number of halogens is 4. The molecule has 3 rings (SSSR count). The minimum absolute atomic E-state index is 0.0743. The topological polar surface area (TPSA) is 94.8 Å². The first kappa shape index (κ1) is 22.0. The van der Waals surface area contributed by atoms with Crippen LogP contribution < -0.4 is 0 Å². The van der Waals surface area contributed by atoms with Crippen molar-refractivity contribution in [1.29, 1.82) is 0 Å². The maximum absolute atomic E-state index is 13.0. The Balaban J connectivity index is 2.63. The number of hydrogen-bond donors (Lipinski definition) is 3. The molecule has 0 bridgehead atoms. The lowest BCUT2D eigenvalue weighted by Crippen LogP contribution is -2.38. The standard InChI is InChI=1S/C19H12Cl4O5S/c20-11-5-10(6-12(21)7-11)19(29(26,27)28,13-3-1-2-4-17(13)24)14-8-18(25)16(23)9-15(14)22/h1-9,24-25H,(H,26,27,28). The maximum Gasteiger partial charge on any atom is 0.283 e. The summed E-state index contributed by atoms with van der Waals surface area (Å²) in [4.78, 5) is 0. The lowest BCUT2D eigenvalue weighted by Gasteiger charge is -2.34. The molecule has 0 spiro atoms. The molecule has 1 atom stereocenters. The average molecular weight is 494 g/mol. The Morgan fingerprint density at radius 2 is 1.31 bits per heavy atom. The highest BCUT2D eigenvalue weighted by Gasteiger charge is 2.51. The zero-order valence-corrected chi connectivity index (χ0v) is 18.1. The van der Waals surface area contributed by atoms with Crippen molar-refractivity contribution in [2.75, 3.05) is 0 Å². The van der Waals surface area contributed by atoms with Crippen molar-refractivity contribution in [3.8, 4) is 11.5 Å². The second-order valence-corrected chi connectivity index (χ2v) is 9.36. The molecule has 10 heteroatoms. The van der Waals surface area contributed by atoms with E-state index in [-0.39, 0.29) is 36.8 Å². The van der Waals surface area contributed by atoms with Crippen molar-refractivity contribution in [1.82, 2.24) is 0 Å². The van der Waals surface area contributed by atoms with Crippen LogP contribution in [0, 0.1) is 0 Å². The fourth-order valence-electron chi connectivity index (χ4n) is 3.22. The van der Waals surface area contributed by atoms with Crippen molar-refractivity contribution in [3.05, 3.63) is 91.4 Å². The first-order valence-electron chi connectivity index (χ1n) is 7.89. The normalized spacial score (nSPS) is 13.8. The van der Waals surface area contributed by atoms with Crippen molar-refractivity contribution in [2.24, 2.45) is 0 Å². The lowest BCUT2D eigenvalue weighted by molar-refractivity contribution is 0.439. The Kier molecular flexibility index (Phi) is 5.98. The molecule has 0 aromatic heterocycles. The van der Waals surface area contributed by atoms with E-state index in [0.29, 0.717) is 0 Å². The summed E-state index contributed by atoms with van der Waals surface area (Å²) in [5, 5.41) is 20.5. The molecule has 152 valence electrons. The molecule has 5 nitrogen and oxygen atoms in total. The van der Waals surface area contributed by atoms with Crippen molar-refractivity contribution in [3.63, 3.8) is 0 Å². The second-order valence-electron chi connectivity index (χ2n) is 6.11. The van der Waals surface area contributed by atoms with Gasteiger partial charge in [0, 0.05) is 26.2 Å². The van der Waals surface area contributed by atoms with Crippen LogP contribution in [0.25, 0.3) is 0 Å². The molecule has 3 aromatic rings. The highest BCUT2D eigenvalue weighted by molar-refractivity contribution is 7.87. The quantitative estimate of drug-likeness (QED) is 0.311. The molecule has 3 N–H and O–H groups in total. The van der Waals surface area contributed by atoms with Gasteiger partial charge < -0.3 is 10.2 Å². The van der Waals surface area contributed by atoms with Gasteiger partial charge in [-0.3, -0.25) is 4.55 Å². The van der Waals surface area contributed by atoms with E-state index in [1.54, 1.807) is 0 Å². The largest absolute Gasteiger partial charge is 0.508 e. The predicted octanol–water partition coefficient (Wildman–Crippen LogP) is 5.89. The summed E-state index contributed by atoms with van der Waals surface area (Å²) in [6, 6.07) is 11.5. The smallest absolute Gasteiger partial charge is 0.283 e. The van der Waals surface area contributed by atoms with Crippen LogP contribution in [-0.4, -0.2) is 23.2 Å². The molecule has 1 unspecified atom stereocenters. The number of aromatic hydroxyl groups is 2. The molecule has 0 saturated heterocycles. The first-order chi connectivity index (χ1) is 13.5. The van der Waals surface area contributed by atoms with Crippen LogP contribution in [0.2, 0.25) is 20.1 Å². The summed E-state index contributed by atoms with van der Waals surface area (Å²) in [6.07, 6.45) is 0. The van der Waals surface area contributed by atoms with Crippen molar-refractivity contribution < 1.29 is 23.2 Å². The molecular weight excluding hydrogens is 482 g/mol. The summed E-state index contributed by atoms with van der Waals surface area (Å²) in [5.74, 6) is -0.936. The van der Waals surface area contributed by atoms with Crippen LogP contribution in [0.4, 0.5) is 0 Å². The van der Waals surface area contributed by atoms with Crippen LogP contribution in [0.1, 0.15) is 16.7 Å². The zero-order chi connectivity index (χ0) is 21.6. The fraction of sp³-hybridized carbons (Fsp3) is 0.0526. The molecule has 0 aliphatic carbocycles. The summed E-state index contributed by atoms with van der Waals surface area (Å²) in [7, 11) is -5.11. The summed E-state index contributed by atoms with van der Waals surface area (Å²) in [6.45, 7) is 0. The molecule has 0 fully saturated rings. The number of hydrogen-bond acceptors (Lipinski definition) is 4. The first-order valence-corrected chi connectivity index (χ1v) is 10.8. The average Bonchev–Trinajstić information content (AvgIpc) is 2.59. The summed E-state index contributed by atoms with van der Waals surface area (Å²) >= 11 is 24.4. The van der Waals surface area contributed by atoms with Gasteiger partial charge in [-0.05, 0) is 42.0 Å². The van der Waals surface area contributed by atoms with Gasteiger partial charge >= 0.3 is 0 Å². The number of phenols is 2. The molecule has 0 aliphatic rings. The Hall–Kier alpha value is -1.67. The molecule has 29 heavy (non-hydrogen) atoms. The second kappa shape index (κ2) is 7.87. The predicted molar refractivity (Wildman–Crippen MR) is 114 cm³/mol. The summed E-state index contributed by atoms with van der Waals surface area (Å²) < 4.78 is 33.9. The molecule has 0 radical (unpaired) electrons. The van der Waals surface area contributed by atoms with Gasteiger partial charge in [0.15, 0.2) is 4.75 Å². The number of rotatable bonds is 4. The van der Waals surface area contributed by atoms with Crippen molar-refractivity contribution in [2.45, 2.75) is 4.75 Å². The van der Waals surface area contributed by atoms with E-state index >= 15 is 0 Å². The van der Waals surface area contributed by atoms with Crippen LogP contribution in [0.15, 0.2) is 54.6 Å². The Morgan fingerprint density at radius 3 is 1.86 bits per heavy atom. The molecular formula is C19H12Cl4O5S. The zero-order valence-electron chi connectivity index (χ0n) is 14.3. The van der Waals surface area contributed by atoms with Gasteiger partial charge in [-0.1, -0.05) is 64.6 Å². The highest BCUT2D eigenvalue weighted by Crippen LogP contribution is 2.51. The third-order valence-corrected chi connectivity index (χ3v) is 6.86. The number of phenolic OH excluding ortho intramolecular Hbond substituents is 2. The number of benzene rings is 3. The van der Waals surface area contributed by atoms with Crippen LogP contribution in [-0.2, 0) is 14.9 Å². The Bertz CT molecular complexity index is 1190. The molecule has 0 amide bonds. The van der Waals surface area contributed by atoms with Gasteiger partial charge in [-0.2, -0.15) is 8.42 Å². The van der Waals surface area contributed by atoms with E-state index in [9.17, 15) is 23.2 Å². The molecule has 0 saturated carbocycles. The van der Waals surface area contributed by atoms with Gasteiger partial charge in [0.05, 0.1) is 5.02 Å². The van der Waals surface area contributed by atoms with E-state index in [1.807, 2.05) is 0 Å². The van der Waals surface area contributed by atoms with Gasteiger partial charge in [-0.15, -0.1) is 0 Å². The van der Waals surface area contributed by atoms with E-state index in [2.05, 4.69) is 0 Å². The van der Waals surface area contributed by atoms with E-state index < -0.39 is 26.4 Å². The van der Waals surface area contributed by atoms with Crippen molar-refractivity contribution >= 4 is 56.5 Å². The van der Waals surface area contributed by atoms with Gasteiger partial charge in [0.1, 0.15) is 11.5 Å². The fourth-order valence-corrected chi connectivity index (χ4v) is 5.64. The van der Waals surface area contributed by atoms with Crippen LogP contribution >= 0.6 is 46.4 Å². The van der Waals surface area contributed by atoms with E-state index in [0.717, 1.165) is 12.1 Å². The third kappa shape index (κ3) is 3.77. The minimum Gasteiger partial charge on any atom is -0.508 e. The highest BCUT2D eigenvalue weighted by atomic mass is 35.5. The van der Waals surface area contributed by atoms with Crippen LogP contribution in [0.3, 0.4) is 0 Å². The van der Waals surface area contributed by atoms with E-state index in [4.69, 9.17) is 46.4 Å². The Labute approximate surface area is 186 Å². The van der Waals surface area contributed by atoms with Gasteiger partial charge in [0.2, 0.25) is 0 Å². The SMILES string of the molecule is O=S(=O)(O)C(c1cc(Cl)cc(Cl)c1)(c1ccccc1O)c1cc(O)c(Cl)cc1Cl. The van der Waals surface area contributed by atoms with Crippen LogP contribution in [0.5, 0.6) is 11.5 Å². The van der Waals surface area contributed by atoms with Gasteiger partial charge in [-0.25, -0.2) is 0 Å². The molecule has 0 heterocycles. The molecule has 3 aromatic carbocycles.